The van der Waals surface area contributed by atoms with Crippen LogP contribution in [0.5, 0.6) is 0 Å². The van der Waals surface area contributed by atoms with Crippen LogP contribution in [0.4, 0.5) is 0 Å². The minimum atomic E-state index is -0.380. The van der Waals surface area contributed by atoms with Crippen molar-refractivity contribution in [2.24, 2.45) is 5.73 Å². The number of aromatic nitrogens is 2. The first-order chi connectivity index (χ1) is 6.40. The molecule has 0 unspecified atom stereocenters. The van der Waals surface area contributed by atoms with Crippen molar-refractivity contribution in [1.82, 2.24) is 9.55 Å². The number of rotatable bonds is 2. The van der Waals surface area contributed by atoms with E-state index < -0.39 is 0 Å². The second-order valence-electron chi connectivity index (χ2n) is 3.81. The average Bonchev–Trinajstić information content (AvgIpc) is 2.12. The quantitative estimate of drug-likeness (QED) is 0.824. The lowest BCUT2D eigenvalue weighted by Crippen LogP contribution is -2.44. The maximum Gasteiger partial charge on any atom is 0.267 e. The van der Waals surface area contributed by atoms with Crippen LogP contribution in [-0.4, -0.2) is 16.1 Å². The van der Waals surface area contributed by atoms with Crippen molar-refractivity contribution < 1.29 is 0 Å². The molecular weight excluding hydrogens is 293 g/mol. The van der Waals surface area contributed by atoms with Crippen molar-refractivity contribution in [2.45, 2.75) is 26.3 Å². The van der Waals surface area contributed by atoms with Crippen molar-refractivity contribution in [3.63, 3.8) is 0 Å². The fourth-order valence-corrected chi connectivity index (χ4v) is 1.70. The Balaban J connectivity index is 3.48. The minimum Gasteiger partial charge on any atom is -0.328 e. The van der Waals surface area contributed by atoms with Crippen LogP contribution in [0, 0.1) is 10.5 Å². The summed E-state index contributed by atoms with van der Waals surface area (Å²) in [6, 6.07) is 0. The van der Waals surface area contributed by atoms with Crippen LogP contribution in [0.1, 0.15) is 19.7 Å². The molecule has 0 atom stereocenters. The van der Waals surface area contributed by atoms with E-state index in [1.54, 1.807) is 10.8 Å². The fraction of sp³-hybridized carbons (Fsp3) is 0.556. The topological polar surface area (TPSA) is 60.9 Å². The molecule has 5 heteroatoms. The summed E-state index contributed by atoms with van der Waals surface area (Å²) < 4.78 is 2.27. The molecule has 1 rings (SSSR count). The maximum absolute atomic E-state index is 11.9. The standard InChI is InChI=1S/C9H14IN3O/c1-6-12-4-7(10)8(14)13(6)9(2,3)5-11/h4H,5,11H2,1-3H3. The van der Waals surface area contributed by atoms with Crippen LogP contribution in [0.15, 0.2) is 11.0 Å². The monoisotopic (exact) mass is 307 g/mol. The molecule has 1 heterocycles. The van der Waals surface area contributed by atoms with Gasteiger partial charge in [0.05, 0.1) is 9.11 Å². The van der Waals surface area contributed by atoms with E-state index in [0.717, 1.165) is 0 Å². The zero-order valence-electron chi connectivity index (χ0n) is 8.54. The molecule has 0 aliphatic heterocycles. The molecule has 0 spiro atoms. The minimum absolute atomic E-state index is 0.0199. The molecule has 4 nitrogen and oxygen atoms in total. The van der Waals surface area contributed by atoms with Crippen LogP contribution in [-0.2, 0) is 5.54 Å². The molecule has 2 N–H and O–H groups in total. The van der Waals surface area contributed by atoms with Gasteiger partial charge in [-0.2, -0.15) is 0 Å². The normalized spacial score (nSPS) is 11.8. The van der Waals surface area contributed by atoms with Gasteiger partial charge in [0.2, 0.25) is 0 Å². The van der Waals surface area contributed by atoms with E-state index in [0.29, 0.717) is 15.9 Å². The third kappa shape index (κ3) is 1.98. The number of aryl methyl sites for hydroxylation is 1. The summed E-state index contributed by atoms with van der Waals surface area (Å²) in [6.07, 6.45) is 1.58. The summed E-state index contributed by atoms with van der Waals surface area (Å²) in [4.78, 5) is 16.0. The summed E-state index contributed by atoms with van der Waals surface area (Å²) in [6.45, 7) is 6.09. The van der Waals surface area contributed by atoms with Crippen LogP contribution in [0.2, 0.25) is 0 Å². The molecule has 0 aromatic carbocycles. The van der Waals surface area contributed by atoms with Gasteiger partial charge in [0, 0.05) is 12.7 Å². The van der Waals surface area contributed by atoms with Gasteiger partial charge in [-0.05, 0) is 43.4 Å². The van der Waals surface area contributed by atoms with E-state index in [1.807, 2.05) is 43.4 Å². The molecule has 78 valence electrons. The van der Waals surface area contributed by atoms with Gasteiger partial charge in [0.1, 0.15) is 5.82 Å². The molecule has 1 aromatic rings. The molecule has 0 radical (unpaired) electrons. The van der Waals surface area contributed by atoms with Gasteiger partial charge < -0.3 is 5.73 Å². The highest BCUT2D eigenvalue weighted by Crippen LogP contribution is 2.12. The first kappa shape index (κ1) is 11.6. The summed E-state index contributed by atoms with van der Waals surface area (Å²) in [5, 5.41) is 0. The fourth-order valence-electron chi connectivity index (χ4n) is 1.32. The van der Waals surface area contributed by atoms with Gasteiger partial charge in [0.15, 0.2) is 0 Å². The van der Waals surface area contributed by atoms with Crippen LogP contribution in [0.25, 0.3) is 0 Å². The second-order valence-corrected chi connectivity index (χ2v) is 4.97. The van der Waals surface area contributed by atoms with Gasteiger partial charge in [-0.1, -0.05) is 0 Å². The van der Waals surface area contributed by atoms with Crippen molar-refractivity contribution in [3.05, 3.63) is 25.9 Å². The van der Waals surface area contributed by atoms with Gasteiger partial charge in [0.25, 0.3) is 5.56 Å². The van der Waals surface area contributed by atoms with Crippen molar-refractivity contribution in [3.8, 4) is 0 Å². The molecule has 0 aliphatic carbocycles. The SMILES string of the molecule is Cc1ncc(I)c(=O)n1C(C)(C)CN. The number of hydrogen-bond acceptors (Lipinski definition) is 3. The highest BCUT2D eigenvalue weighted by Gasteiger charge is 2.22. The largest absolute Gasteiger partial charge is 0.328 e. The summed E-state index contributed by atoms with van der Waals surface area (Å²) in [7, 11) is 0. The van der Waals surface area contributed by atoms with E-state index >= 15 is 0 Å². The summed E-state index contributed by atoms with van der Waals surface area (Å²) in [5.74, 6) is 0.700. The Bertz CT molecular complexity index is 398. The lowest BCUT2D eigenvalue weighted by atomic mass is 10.1. The average molecular weight is 307 g/mol. The van der Waals surface area contributed by atoms with Crippen LogP contribution >= 0.6 is 22.6 Å². The Hall–Kier alpha value is -0.430. The predicted octanol–water partition coefficient (Wildman–Crippen LogP) is 0.850. The molecule has 1 aromatic heterocycles. The Labute approximate surface area is 96.7 Å². The smallest absolute Gasteiger partial charge is 0.267 e. The molecule has 0 amide bonds. The molecular formula is C9H14IN3O. The zero-order chi connectivity index (χ0) is 10.9. The first-order valence-corrected chi connectivity index (χ1v) is 5.42. The summed E-state index contributed by atoms with van der Waals surface area (Å²) >= 11 is 1.99. The lowest BCUT2D eigenvalue weighted by molar-refractivity contribution is 0.341. The third-order valence-corrected chi connectivity index (χ3v) is 2.94. The predicted molar refractivity (Wildman–Crippen MR) is 64.3 cm³/mol. The Morgan fingerprint density at radius 1 is 1.64 bits per heavy atom. The number of hydrogen-bond donors (Lipinski definition) is 1. The van der Waals surface area contributed by atoms with E-state index in [9.17, 15) is 4.79 Å². The van der Waals surface area contributed by atoms with Crippen LogP contribution in [0.3, 0.4) is 0 Å². The third-order valence-electron chi connectivity index (χ3n) is 2.20. The van der Waals surface area contributed by atoms with Gasteiger partial charge in [-0.25, -0.2) is 4.98 Å². The Morgan fingerprint density at radius 2 is 2.21 bits per heavy atom. The first-order valence-electron chi connectivity index (χ1n) is 4.35. The molecule has 0 bridgehead atoms. The number of halogens is 1. The number of nitrogens with zero attached hydrogens (tertiary/aromatic N) is 2. The van der Waals surface area contributed by atoms with E-state index in [4.69, 9.17) is 5.73 Å². The highest BCUT2D eigenvalue weighted by atomic mass is 127. The van der Waals surface area contributed by atoms with Gasteiger partial charge in [-0.3, -0.25) is 9.36 Å². The maximum atomic E-state index is 11.9. The van der Waals surface area contributed by atoms with Gasteiger partial charge in [-0.15, -0.1) is 0 Å². The summed E-state index contributed by atoms with van der Waals surface area (Å²) in [5.41, 5.74) is 5.24. The molecule has 14 heavy (non-hydrogen) atoms. The second kappa shape index (κ2) is 3.98. The van der Waals surface area contributed by atoms with Crippen molar-refractivity contribution in [2.75, 3.05) is 6.54 Å². The van der Waals surface area contributed by atoms with Crippen molar-refractivity contribution >= 4 is 22.6 Å². The van der Waals surface area contributed by atoms with E-state index in [-0.39, 0.29) is 11.1 Å². The Kier molecular flexibility index (Phi) is 3.31. The highest BCUT2D eigenvalue weighted by molar-refractivity contribution is 14.1. The van der Waals surface area contributed by atoms with Crippen molar-refractivity contribution in [1.29, 1.82) is 0 Å². The molecule has 0 saturated carbocycles. The lowest BCUT2D eigenvalue weighted by Gasteiger charge is -2.27. The van der Waals surface area contributed by atoms with E-state index in [1.165, 1.54) is 0 Å². The van der Waals surface area contributed by atoms with Gasteiger partial charge >= 0.3 is 0 Å². The molecule has 0 fully saturated rings. The number of nitrogens with two attached hydrogens (primary N) is 1. The molecule has 0 saturated heterocycles. The zero-order valence-corrected chi connectivity index (χ0v) is 10.7. The van der Waals surface area contributed by atoms with Crippen LogP contribution < -0.4 is 11.3 Å². The molecule has 0 aliphatic rings. The Morgan fingerprint density at radius 3 is 2.71 bits per heavy atom. The van der Waals surface area contributed by atoms with E-state index in [2.05, 4.69) is 4.98 Å².